The van der Waals surface area contributed by atoms with Gasteiger partial charge in [-0.05, 0) is 31.9 Å². The molecule has 0 spiro atoms. The van der Waals surface area contributed by atoms with E-state index < -0.39 is 5.60 Å². The van der Waals surface area contributed by atoms with Gasteiger partial charge in [0.05, 0.1) is 5.60 Å². The van der Waals surface area contributed by atoms with E-state index in [1.165, 1.54) is 0 Å². The first kappa shape index (κ1) is 10.9. The number of piperidine rings is 1. The Hall–Kier alpha value is -1.60. The quantitative estimate of drug-likeness (QED) is 0.770. The molecule has 2 heterocycles. The Kier molecular flexibility index (Phi) is 2.80. The van der Waals surface area contributed by atoms with Crippen molar-refractivity contribution in [2.45, 2.75) is 25.4 Å². The summed E-state index contributed by atoms with van der Waals surface area (Å²) in [5.41, 5.74) is -0.231. The summed E-state index contributed by atoms with van der Waals surface area (Å²) in [4.78, 5) is 6.27. The van der Waals surface area contributed by atoms with Crippen molar-refractivity contribution in [2.75, 3.05) is 18.0 Å². The molecule has 2 rings (SSSR count). The fourth-order valence-corrected chi connectivity index (χ4v) is 2.08. The molecule has 0 amide bonds. The van der Waals surface area contributed by atoms with Crippen LogP contribution in [-0.4, -0.2) is 28.8 Å². The lowest BCUT2D eigenvalue weighted by Crippen LogP contribution is -2.46. The van der Waals surface area contributed by atoms with E-state index in [2.05, 4.69) is 4.98 Å². The standard InChI is InChI=1S/C12H15N3O/c1-12(16)6-3-7-15(9-12)11-5-2-4-10(8-13)14-11/h2,4-5,16H,3,6-7,9H2,1H3. The molecule has 4 nitrogen and oxygen atoms in total. The molecule has 1 unspecified atom stereocenters. The number of β-amino-alcohol motifs (C(OH)–C–C–N with tert-alkyl or cyclic N) is 1. The van der Waals surface area contributed by atoms with E-state index in [9.17, 15) is 5.11 Å². The van der Waals surface area contributed by atoms with Gasteiger partial charge in [-0.2, -0.15) is 5.26 Å². The van der Waals surface area contributed by atoms with Crippen molar-refractivity contribution in [1.82, 2.24) is 4.98 Å². The molecule has 0 bridgehead atoms. The van der Waals surface area contributed by atoms with Gasteiger partial charge in [0.15, 0.2) is 0 Å². The highest BCUT2D eigenvalue weighted by atomic mass is 16.3. The van der Waals surface area contributed by atoms with Crippen LogP contribution in [0.5, 0.6) is 0 Å². The van der Waals surface area contributed by atoms with E-state index in [1.54, 1.807) is 6.07 Å². The summed E-state index contributed by atoms with van der Waals surface area (Å²) in [6, 6.07) is 7.41. The average Bonchev–Trinajstić information content (AvgIpc) is 2.28. The predicted octanol–water partition coefficient (Wildman–Crippen LogP) is 1.30. The van der Waals surface area contributed by atoms with Gasteiger partial charge in [0.2, 0.25) is 0 Å². The zero-order chi connectivity index (χ0) is 11.6. The highest BCUT2D eigenvalue weighted by molar-refractivity contribution is 5.42. The van der Waals surface area contributed by atoms with Crippen LogP contribution < -0.4 is 4.90 Å². The summed E-state index contributed by atoms with van der Waals surface area (Å²) >= 11 is 0. The summed E-state index contributed by atoms with van der Waals surface area (Å²) in [6.45, 7) is 3.31. The number of hydrogen-bond donors (Lipinski definition) is 1. The minimum Gasteiger partial charge on any atom is -0.388 e. The van der Waals surface area contributed by atoms with E-state index in [0.717, 1.165) is 25.2 Å². The Morgan fingerprint density at radius 2 is 2.38 bits per heavy atom. The fraction of sp³-hybridized carbons (Fsp3) is 0.500. The third kappa shape index (κ3) is 2.31. The molecule has 16 heavy (non-hydrogen) atoms. The van der Waals surface area contributed by atoms with Crippen molar-refractivity contribution in [1.29, 1.82) is 5.26 Å². The first-order valence-electron chi connectivity index (χ1n) is 5.45. The van der Waals surface area contributed by atoms with Crippen molar-refractivity contribution >= 4 is 5.82 Å². The van der Waals surface area contributed by atoms with Crippen LogP contribution >= 0.6 is 0 Å². The molecule has 84 valence electrons. The Bertz CT molecular complexity index is 423. The maximum atomic E-state index is 10.00. The van der Waals surface area contributed by atoms with Crippen LogP contribution in [0.15, 0.2) is 18.2 Å². The van der Waals surface area contributed by atoms with Crippen molar-refractivity contribution in [3.8, 4) is 6.07 Å². The molecule has 1 atom stereocenters. The molecule has 1 aromatic rings. The zero-order valence-corrected chi connectivity index (χ0v) is 9.35. The lowest BCUT2D eigenvalue weighted by molar-refractivity contribution is 0.0447. The van der Waals surface area contributed by atoms with Crippen LogP contribution in [0.3, 0.4) is 0 Å². The SMILES string of the molecule is CC1(O)CCCN(c2cccc(C#N)n2)C1. The molecule has 0 radical (unpaired) electrons. The minimum atomic E-state index is -0.650. The van der Waals surface area contributed by atoms with Gasteiger partial charge in [-0.15, -0.1) is 0 Å². The summed E-state index contributed by atoms with van der Waals surface area (Å²) in [5, 5.41) is 18.8. The summed E-state index contributed by atoms with van der Waals surface area (Å²) in [5.74, 6) is 0.777. The van der Waals surface area contributed by atoms with Crippen molar-refractivity contribution in [3.05, 3.63) is 23.9 Å². The van der Waals surface area contributed by atoms with Gasteiger partial charge in [-0.1, -0.05) is 6.07 Å². The van der Waals surface area contributed by atoms with Crippen molar-refractivity contribution in [2.24, 2.45) is 0 Å². The van der Waals surface area contributed by atoms with Crippen LogP contribution in [0.2, 0.25) is 0 Å². The van der Waals surface area contributed by atoms with Gasteiger partial charge >= 0.3 is 0 Å². The number of anilines is 1. The number of nitriles is 1. The molecular weight excluding hydrogens is 202 g/mol. The van der Waals surface area contributed by atoms with E-state index in [0.29, 0.717) is 12.2 Å². The molecule has 1 aliphatic rings. The zero-order valence-electron chi connectivity index (χ0n) is 9.35. The van der Waals surface area contributed by atoms with Gasteiger partial charge in [0, 0.05) is 13.1 Å². The molecule has 1 aliphatic heterocycles. The third-order valence-corrected chi connectivity index (χ3v) is 2.85. The lowest BCUT2D eigenvalue weighted by atomic mass is 9.95. The van der Waals surface area contributed by atoms with Crippen molar-refractivity contribution < 1.29 is 5.11 Å². The van der Waals surface area contributed by atoms with Crippen LogP contribution in [0.25, 0.3) is 0 Å². The Balaban J connectivity index is 2.21. The molecule has 1 aromatic heterocycles. The predicted molar refractivity (Wildman–Crippen MR) is 61.0 cm³/mol. The number of pyridine rings is 1. The topological polar surface area (TPSA) is 60.1 Å². The molecule has 1 saturated heterocycles. The first-order valence-corrected chi connectivity index (χ1v) is 5.45. The van der Waals surface area contributed by atoms with Crippen molar-refractivity contribution in [3.63, 3.8) is 0 Å². The van der Waals surface area contributed by atoms with E-state index in [1.807, 2.05) is 30.0 Å². The van der Waals surface area contributed by atoms with E-state index in [4.69, 9.17) is 5.26 Å². The number of nitrogens with zero attached hydrogens (tertiary/aromatic N) is 3. The first-order chi connectivity index (χ1) is 7.61. The average molecular weight is 217 g/mol. The van der Waals surface area contributed by atoms with Crippen LogP contribution in [-0.2, 0) is 0 Å². The second-order valence-electron chi connectivity index (χ2n) is 4.51. The Labute approximate surface area is 95.1 Å². The fourth-order valence-electron chi connectivity index (χ4n) is 2.08. The second kappa shape index (κ2) is 4.11. The third-order valence-electron chi connectivity index (χ3n) is 2.85. The largest absolute Gasteiger partial charge is 0.388 e. The van der Waals surface area contributed by atoms with Crippen LogP contribution in [0.1, 0.15) is 25.5 Å². The Morgan fingerprint density at radius 3 is 3.06 bits per heavy atom. The second-order valence-corrected chi connectivity index (χ2v) is 4.51. The molecule has 0 saturated carbocycles. The summed E-state index contributed by atoms with van der Waals surface area (Å²) < 4.78 is 0. The van der Waals surface area contributed by atoms with Crippen LogP contribution in [0.4, 0.5) is 5.82 Å². The maximum absolute atomic E-state index is 10.00. The normalized spacial score (nSPS) is 25.2. The molecular formula is C12H15N3O. The lowest BCUT2D eigenvalue weighted by Gasteiger charge is -2.37. The highest BCUT2D eigenvalue weighted by Gasteiger charge is 2.28. The van der Waals surface area contributed by atoms with E-state index in [-0.39, 0.29) is 0 Å². The molecule has 0 aliphatic carbocycles. The number of rotatable bonds is 1. The molecule has 4 heteroatoms. The van der Waals surface area contributed by atoms with Gasteiger partial charge in [-0.25, -0.2) is 4.98 Å². The number of hydrogen-bond acceptors (Lipinski definition) is 4. The van der Waals surface area contributed by atoms with E-state index >= 15 is 0 Å². The maximum Gasteiger partial charge on any atom is 0.142 e. The van der Waals surface area contributed by atoms with Gasteiger partial charge in [0.1, 0.15) is 17.6 Å². The summed E-state index contributed by atoms with van der Waals surface area (Å²) in [7, 11) is 0. The monoisotopic (exact) mass is 217 g/mol. The van der Waals surface area contributed by atoms with Gasteiger partial charge in [-0.3, -0.25) is 0 Å². The molecule has 1 fully saturated rings. The molecule has 1 N–H and O–H groups in total. The minimum absolute atomic E-state index is 0.419. The number of aromatic nitrogens is 1. The van der Waals surface area contributed by atoms with Gasteiger partial charge < -0.3 is 10.0 Å². The smallest absolute Gasteiger partial charge is 0.142 e. The highest BCUT2D eigenvalue weighted by Crippen LogP contribution is 2.24. The molecule has 0 aromatic carbocycles. The summed E-state index contributed by atoms with van der Waals surface area (Å²) in [6.07, 6.45) is 1.77. The Morgan fingerprint density at radius 1 is 1.56 bits per heavy atom. The number of aliphatic hydroxyl groups is 1. The van der Waals surface area contributed by atoms with Crippen LogP contribution in [0, 0.1) is 11.3 Å². The van der Waals surface area contributed by atoms with Gasteiger partial charge in [0.25, 0.3) is 0 Å².